The lowest BCUT2D eigenvalue weighted by Crippen LogP contribution is -2.29. The van der Waals surface area contributed by atoms with E-state index in [-0.39, 0.29) is 17.9 Å². The van der Waals surface area contributed by atoms with E-state index < -0.39 is 22.8 Å². The first-order chi connectivity index (χ1) is 13.6. The fourth-order valence-corrected chi connectivity index (χ4v) is 3.07. The van der Waals surface area contributed by atoms with Gasteiger partial charge in [0.1, 0.15) is 23.1 Å². The number of carbonyl (C=O) groups is 1. The number of fused-ring (bicyclic) bond motifs is 1. The SMILES string of the molecule is CCOC(=O)C1=C(c2ccccc2)Nc2ncnn2C1c1ccc([N+](=O)[O-])o1. The van der Waals surface area contributed by atoms with Gasteiger partial charge < -0.3 is 14.5 Å². The molecule has 0 saturated heterocycles. The van der Waals surface area contributed by atoms with E-state index in [1.54, 1.807) is 6.92 Å². The summed E-state index contributed by atoms with van der Waals surface area (Å²) >= 11 is 0. The molecular weight excluding hydrogens is 366 g/mol. The topological polar surface area (TPSA) is 125 Å². The second-order valence-electron chi connectivity index (χ2n) is 5.86. The highest BCUT2D eigenvalue weighted by Gasteiger charge is 2.38. The van der Waals surface area contributed by atoms with Gasteiger partial charge in [0.25, 0.3) is 0 Å². The average Bonchev–Trinajstić information content (AvgIpc) is 3.37. The molecule has 0 aliphatic carbocycles. The predicted octanol–water partition coefficient (Wildman–Crippen LogP) is 2.77. The molecule has 1 aliphatic rings. The number of nitrogens with one attached hydrogen (secondary N) is 1. The zero-order valence-corrected chi connectivity index (χ0v) is 14.7. The first-order valence-corrected chi connectivity index (χ1v) is 8.47. The third-order valence-electron chi connectivity index (χ3n) is 4.22. The average molecular weight is 381 g/mol. The van der Waals surface area contributed by atoms with Gasteiger partial charge in [-0.05, 0) is 18.6 Å². The summed E-state index contributed by atoms with van der Waals surface area (Å²) < 4.78 is 12.1. The zero-order valence-electron chi connectivity index (χ0n) is 14.7. The van der Waals surface area contributed by atoms with Crippen LogP contribution in [0.15, 0.2) is 58.8 Å². The third kappa shape index (κ3) is 2.90. The first kappa shape index (κ1) is 17.5. The van der Waals surface area contributed by atoms with Crippen LogP contribution in [-0.2, 0) is 9.53 Å². The Bertz CT molecular complexity index is 1070. The van der Waals surface area contributed by atoms with Crippen LogP contribution in [0.5, 0.6) is 0 Å². The Morgan fingerprint density at radius 3 is 2.79 bits per heavy atom. The summed E-state index contributed by atoms with van der Waals surface area (Å²) in [5, 5.41) is 18.3. The fourth-order valence-electron chi connectivity index (χ4n) is 3.07. The number of rotatable bonds is 5. The molecule has 0 bridgehead atoms. The highest BCUT2D eigenvalue weighted by Crippen LogP contribution is 2.40. The smallest absolute Gasteiger partial charge is 0.433 e. The van der Waals surface area contributed by atoms with Crippen LogP contribution in [0, 0.1) is 10.1 Å². The Kier molecular flexibility index (Phi) is 4.36. The largest absolute Gasteiger partial charge is 0.463 e. The Morgan fingerprint density at radius 2 is 2.11 bits per heavy atom. The van der Waals surface area contributed by atoms with Crippen molar-refractivity contribution in [2.24, 2.45) is 0 Å². The summed E-state index contributed by atoms with van der Waals surface area (Å²) in [7, 11) is 0. The lowest BCUT2D eigenvalue weighted by Gasteiger charge is -2.27. The van der Waals surface area contributed by atoms with E-state index in [0.29, 0.717) is 11.6 Å². The Hall–Kier alpha value is -3.95. The number of nitro groups is 1. The lowest BCUT2D eigenvalue weighted by molar-refractivity contribution is -0.402. The van der Waals surface area contributed by atoms with Gasteiger partial charge in [0.2, 0.25) is 5.95 Å². The maximum absolute atomic E-state index is 12.9. The number of carbonyl (C=O) groups excluding carboxylic acids is 1. The van der Waals surface area contributed by atoms with Gasteiger partial charge in [-0.3, -0.25) is 10.1 Å². The standard InChI is InChI=1S/C18H15N5O5/c1-2-27-17(24)14-15(11-6-4-3-5-7-11)21-18-19-10-20-22(18)16(14)12-8-9-13(28-12)23(25)26/h3-10,16H,2H2,1H3,(H,19,20,21). The van der Waals surface area contributed by atoms with Gasteiger partial charge in [-0.25, -0.2) is 9.48 Å². The van der Waals surface area contributed by atoms with E-state index in [2.05, 4.69) is 15.4 Å². The third-order valence-corrected chi connectivity index (χ3v) is 4.22. The summed E-state index contributed by atoms with van der Waals surface area (Å²) in [6.45, 7) is 1.87. The van der Waals surface area contributed by atoms with Crippen LogP contribution in [0.4, 0.5) is 11.8 Å². The summed E-state index contributed by atoms with van der Waals surface area (Å²) in [6, 6.07) is 11.0. The summed E-state index contributed by atoms with van der Waals surface area (Å²) in [5.74, 6) is -0.467. The van der Waals surface area contributed by atoms with Crippen molar-refractivity contribution < 1.29 is 18.9 Å². The molecule has 2 aromatic heterocycles. The Balaban J connectivity index is 1.94. The van der Waals surface area contributed by atoms with Crippen LogP contribution in [0.2, 0.25) is 0 Å². The molecule has 1 aromatic carbocycles. The van der Waals surface area contributed by atoms with Crippen LogP contribution < -0.4 is 5.32 Å². The van der Waals surface area contributed by atoms with Gasteiger partial charge in [-0.1, -0.05) is 30.3 Å². The lowest BCUT2D eigenvalue weighted by atomic mass is 9.96. The van der Waals surface area contributed by atoms with Gasteiger partial charge in [-0.15, -0.1) is 0 Å². The molecule has 1 unspecified atom stereocenters. The molecule has 4 rings (SSSR count). The van der Waals surface area contributed by atoms with Crippen molar-refractivity contribution in [2.45, 2.75) is 13.0 Å². The van der Waals surface area contributed by atoms with Gasteiger partial charge in [0, 0.05) is 0 Å². The molecule has 0 amide bonds. The molecule has 1 aliphatic heterocycles. The van der Waals surface area contributed by atoms with Crippen LogP contribution in [-0.4, -0.2) is 32.3 Å². The van der Waals surface area contributed by atoms with E-state index in [0.717, 1.165) is 5.56 Å². The maximum Gasteiger partial charge on any atom is 0.433 e. The van der Waals surface area contributed by atoms with Crippen molar-refractivity contribution in [3.05, 3.63) is 75.8 Å². The van der Waals surface area contributed by atoms with Crippen molar-refractivity contribution in [1.29, 1.82) is 0 Å². The molecule has 1 atom stereocenters. The number of hydrogen-bond donors (Lipinski definition) is 1. The van der Waals surface area contributed by atoms with Gasteiger partial charge in [0.05, 0.1) is 23.9 Å². The molecule has 3 aromatic rings. The molecule has 142 valence electrons. The molecular formula is C18H15N5O5. The van der Waals surface area contributed by atoms with Crippen LogP contribution >= 0.6 is 0 Å². The molecule has 0 saturated carbocycles. The van der Waals surface area contributed by atoms with Crippen LogP contribution in [0.25, 0.3) is 5.70 Å². The second kappa shape index (κ2) is 6.99. The van der Waals surface area contributed by atoms with E-state index in [1.165, 1.54) is 23.1 Å². The van der Waals surface area contributed by atoms with E-state index in [9.17, 15) is 14.9 Å². The molecule has 10 nitrogen and oxygen atoms in total. The van der Waals surface area contributed by atoms with Crippen molar-refractivity contribution in [1.82, 2.24) is 14.8 Å². The normalized spacial score (nSPS) is 15.7. The summed E-state index contributed by atoms with van der Waals surface area (Å²) in [5.41, 5.74) is 1.42. The van der Waals surface area contributed by atoms with E-state index in [1.807, 2.05) is 30.3 Å². The number of nitrogens with zero attached hydrogens (tertiary/aromatic N) is 4. The monoisotopic (exact) mass is 381 g/mol. The number of anilines is 1. The van der Waals surface area contributed by atoms with Gasteiger partial charge >= 0.3 is 11.9 Å². The van der Waals surface area contributed by atoms with Crippen molar-refractivity contribution in [3.8, 4) is 0 Å². The second-order valence-corrected chi connectivity index (χ2v) is 5.86. The minimum Gasteiger partial charge on any atom is -0.463 e. The highest BCUT2D eigenvalue weighted by atomic mass is 16.6. The molecule has 10 heteroatoms. The molecule has 3 heterocycles. The highest BCUT2D eigenvalue weighted by molar-refractivity contribution is 6.02. The van der Waals surface area contributed by atoms with Crippen LogP contribution in [0.1, 0.15) is 24.3 Å². The number of aromatic nitrogens is 3. The fraction of sp³-hybridized carbons (Fsp3) is 0.167. The molecule has 0 radical (unpaired) electrons. The summed E-state index contributed by atoms with van der Waals surface area (Å²) in [6.07, 6.45) is 1.32. The van der Waals surface area contributed by atoms with Gasteiger partial charge in [-0.2, -0.15) is 10.1 Å². The first-order valence-electron chi connectivity index (χ1n) is 8.47. The predicted molar refractivity (Wildman–Crippen MR) is 97.1 cm³/mol. The molecule has 0 spiro atoms. The molecule has 0 fully saturated rings. The summed E-state index contributed by atoms with van der Waals surface area (Å²) in [4.78, 5) is 27.5. The molecule has 28 heavy (non-hydrogen) atoms. The molecule has 1 N–H and O–H groups in total. The Morgan fingerprint density at radius 1 is 1.32 bits per heavy atom. The number of furan rings is 1. The van der Waals surface area contributed by atoms with Gasteiger partial charge in [0.15, 0.2) is 0 Å². The van der Waals surface area contributed by atoms with Crippen molar-refractivity contribution >= 4 is 23.5 Å². The minimum atomic E-state index is -0.873. The number of hydrogen-bond acceptors (Lipinski definition) is 8. The quantitative estimate of drug-likeness (QED) is 0.406. The number of benzene rings is 1. The number of ether oxygens (including phenoxy) is 1. The van der Waals surface area contributed by atoms with Crippen molar-refractivity contribution in [2.75, 3.05) is 11.9 Å². The van der Waals surface area contributed by atoms with Crippen LogP contribution in [0.3, 0.4) is 0 Å². The van der Waals surface area contributed by atoms with E-state index >= 15 is 0 Å². The zero-order chi connectivity index (χ0) is 19.7. The van der Waals surface area contributed by atoms with E-state index in [4.69, 9.17) is 9.15 Å². The number of esters is 1. The van der Waals surface area contributed by atoms with Crippen molar-refractivity contribution in [3.63, 3.8) is 0 Å². The maximum atomic E-state index is 12.9. The minimum absolute atomic E-state index is 0.166. The Labute approximate surface area is 158 Å².